The van der Waals surface area contributed by atoms with Crippen LogP contribution in [-0.2, 0) is 16.6 Å². The van der Waals surface area contributed by atoms with Crippen LogP contribution in [0.2, 0.25) is 0 Å². The Balaban J connectivity index is 2.19. The highest BCUT2D eigenvalue weighted by molar-refractivity contribution is 7.92. The molecule has 0 bridgehead atoms. The first-order valence-corrected chi connectivity index (χ1v) is 11.4. The SMILES string of the molecule is CCC[C@H](C)NC(=O)c1ccc(CN(c2ccc(C)c(C)c2)S(C)(=O)=O)cc1. The molecular formula is C22H30N2O3S. The van der Waals surface area contributed by atoms with E-state index < -0.39 is 10.0 Å². The maximum atomic E-state index is 12.4. The molecule has 2 aromatic rings. The van der Waals surface area contributed by atoms with Crippen LogP contribution in [0.25, 0.3) is 0 Å². The molecule has 0 aliphatic heterocycles. The van der Waals surface area contributed by atoms with Gasteiger partial charge in [0.1, 0.15) is 0 Å². The first-order chi connectivity index (χ1) is 13.1. The lowest BCUT2D eigenvalue weighted by Crippen LogP contribution is -2.32. The van der Waals surface area contributed by atoms with Crippen molar-refractivity contribution in [2.45, 2.75) is 53.1 Å². The first-order valence-electron chi connectivity index (χ1n) is 9.56. The second-order valence-electron chi connectivity index (χ2n) is 7.40. The number of hydrogen-bond acceptors (Lipinski definition) is 3. The Morgan fingerprint density at radius 2 is 1.71 bits per heavy atom. The van der Waals surface area contributed by atoms with E-state index in [1.165, 1.54) is 10.6 Å². The van der Waals surface area contributed by atoms with E-state index in [-0.39, 0.29) is 18.5 Å². The van der Waals surface area contributed by atoms with Gasteiger partial charge in [-0.3, -0.25) is 9.10 Å². The third-order valence-electron chi connectivity index (χ3n) is 4.82. The zero-order chi connectivity index (χ0) is 20.9. The molecular weight excluding hydrogens is 372 g/mol. The Kier molecular flexibility index (Phi) is 7.24. The molecule has 5 nitrogen and oxygen atoms in total. The molecule has 2 rings (SSSR count). The minimum atomic E-state index is -3.44. The van der Waals surface area contributed by atoms with E-state index in [1.807, 2.05) is 39.0 Å². The van der Waals surface area contributed by atoms with E-state index >= 15 is 0 Å². The van der Waals surface area contributed by atoms with Gasteiger partial charge in [0.05, 0.1) is 18.5 Å². The number of benzene rings is 2. The third-order valence-corrected chi connectivity index (χ3v) is 5.96. The number of aryl methyl sites for hydroxylation is 2. The van der Waals surface area contributed by atoms with Crippen LogP contribution in [0.15, 0.2) is 42.5 Å². The second-order valence-corrected chi connectivity index (χ2v) is 9.31. The molecule has 0 saturated carbocycles. The van der Waals surface area contributed by atoms with Gasteiger partial charge in [-0.25, -0.2) is 8.42 Å². The highest BCUT2D eigenvalue weighted by atomic mass is 32.2. The molecule has 0 saturated heterocycles. The standard InChI is InChI=1S/C22H30N2O3S/c1-6-7-18(4)23-22(25)20-11-9-19(10-12-20)15-24(28(5,26)27)21-13-8-16(2)17(3)14-21/h8-14,18H,6-7,15H2,1-5H3,(H,23,25)/t18-/m0/s1. The van der Waals surface area contributed by atoms with Gasteiger partial charge in [0.25, 0.3) is 5.91 Å². The van der Waals surface area contributed by atoms with Gasteiger partial charge in [0, 0.05) is 11.6 Å². The smallest absolute Gasteiger partial charge is 0.251 e. The van der Waals surface area contributed by atoms with Crippen LogP contribution in [0.4, 0.5) is 5.69 Å². The summed E-state index contributed by atoms with van der Waals surface area (Å²) >= 11 is 0. The summed E-state index contributed by atoms with van der Waals surface area (Å²) in [5.41, 5.74) is 4.19. The molecule has 1 amide bonds. The van der Waals surface area contributed by atoms with Crippen molar-refractivity contribution in [2.75, 3.05) is 10.6 Å². The highest BCUT2D eigenvalue weighted by Gasteiger charge is 2.19. The normalized spacial score (nSPS) is 12.5. The molecule has 152 valence electrons. The van der Waals surface area contributed by atoms with E-state index in [4.69, 9.17) is 0 Å². The molecule has 1 N–H and O–H groups in total. The quantitative estimate of drug-likeness (QED) is 0.720. The van der Waals surface area contributed by atoms with Gasteiger partial charge in [0.2, 0.25) is 10.0 Å². The molecule has 0 aliphatic rings. The molecule has 0 aliphatic carbocycles. The number of carbonyl (C=O) groups is 1. The number of anilines is 1. The highest BCUT2D eigenvalue weighted by Crippen LogP contribution is 2.23. The lowest BCUT2D eigenvalue weighted by Gasteiger charge is -2.23. The Labute approximate surface area is 168 Å². The molecule has 2 aromatic carbocycles. The van der Waals surface area contributed by atoms with Gasteiger partial charge in [-0.1, -0.05) is 31.5 Å². The summed E-state index contributed by atoms with van der Waals surface area (Å²) in [5, 5.41) is 2.97. The van der Waals surface area contributed by atoms with Crippen LogP contribution in [0.3, 0.4) is 0 Å². The van der Waals surface area contributed by atoms with Crippen molar-refractivity contribution in [2.24, 2.45) is 0 Å². The van der Waals surface area contributed by atoms with Gasteiger partial charge in [0.15, 0.2) is 0 Å². The van der Waals surface area contributed by atoms with E-state index in [0.29, 0.717) is 11.3 Å². The summed E-state index contributed by atoms with van der Waals surface area (Å²) in [5.74, 6) is -0.110. The van der Waals surface area contributed by atoms with Crippen molar-refractivity contribution in [3.63, 3.8) is 0 Å². The molecule has 0 spiro atoms. The monoisotopic (exact) mass is 402 g/mol. The number of hydrogen-bond donors (Lipinski definition) is 1. The topological polar surface area (TPSA) is 66.5 Å². The summed E-state index contributed by atoms with van der Waals surface area (Å²) in [6, 6.07) is 12.8. The van der Waals surface area contributed by atoms with Gasteiger partial charge in [-0.2, -0.15) is 0 Å². The summed E-state index contributed by atoms with van der Waals surface area (Å²) in [7, 11) is -3.44. The summed E-state index contributed by atoms with van der Waals surface area (Å²) in [6.07, 6.45) is 3.16. The van der Waals surface area contributed by atoms with Crippen LogP contribution in [0.1, 0.15) is 53.7 Å². The van der Waals surface area contributed by atoms with Crippen molar-refractivity contribution in [1.29, 1.82) is 0 Å². The second kappa shape index (κ2) is 9.24. The fourth-order valence-electron chi connectivity index (χ4n) is 3.02. The van der Waals surface area contributed by atoms with Crippen LogP contribution in [-0.4, -0.2) is 26.6 Å². The van der Waals surface area contributed by atoms with Gasteiger partial charge >= 0.3 is 0 Å². The average molecular weight is 403 g/mol. The fraction of sp³-hybridized carbons (Fsp3) is 0.409. The maximum Gasteiger partial charge on any atom is 0.251 e. The molecule has 0 aromatic heterocycles. The Hall–Kier alpha value is -2.34. The van der Waals surface area contributed by atoms with Crippen molar-refractivity contribution in [1.82, 2.24) is 5.32 Å². The summed E-state index contributed by atoms with van der Waals surface area (Å²) in [6.45, 7) is 8.25. The van der Waals surface area contributed by atoms with Crippen molar-refractivity contribution < 1.29 is 13.2 Å². The largest absolute Gasteiger partial charge is 0.350 e. The third kappa shape index (κ3) is 5.83. The molecule has 1 atom stereocenters. The lowest BCUT2D eigenvalue weighted by molar-refractivity contribution is 0.0938. The van der Waals surface area contributed by atoms with Crippen molar-refractivity contribution >= 4 is 21.6 Å². The number of carbonyl (C=O) groups excluding carboxylic acids is 1. The summed E-state index contributed by atoms with van der Waals surface area (Å²) < 4.78 is 26.1. The number of nitrogens with zero attached hydrogens (tertiary/aromatic N) is 1. The summed E-state index contributed by atoms with van der Waals surface area (Å²) in [4.78, 5) is 12.3. The predicted molar refractivity (Wildman–Crippen MR) is 115 cm³/mol. The number of nitrogens with one attached hydrogen (secondary N) is 1. The molecule has 6 heteroatoms. The van der Waals surface area contributed by atoms with Crippen LogP contribution in [0.5, 0.6) is 0 Å². The van der Waals surface area contributed by atoms with E-state index in [1.54, 1.807) is 24.3 Å². The Morgan fingerprint density at radius 3 is 2.25 bits per heavy atom. The van der Waals surface area contributed by atoms with Crippen LogP contribution in [0, 0.1) is 13.8 Å². The fourth-order valence-corrected chi connectivity index (χ4v) is 3.90. The van der Waals surface area contributed by atoms with Crippen molar-refractivity contribution in [3.8, 4) is 0 Å². The number of amides is 1. The molecule has 0 unspecified atom stereocenters. The zero-order valence-electron chi connectivity index (χ0n) is 17.3. The molecule has 0 heterocycles. The van der Waals surface area contributed by atoms with Crippen molar-refractivity contribution in [3.05, 3.63) is 64.7 Å². The maximum absolute atomic E-state index is 12.4. The van der Waals surface area contributed by atoms with Gasteiger partial charge < -0.3 is 5.32 Å². The number of sulfonamides is 1. The minimum absolute atomic E-state index is 0.110. The van der Waals surface area contributed by atoms with Crippen LogP contribution >= 0.6 is 0 Å². The first kappa shape index (κ1) is 22.0. The Bertz CT molecular complexity index is 921. The van der Waals surface area contributed by atoms with Crippen LogP contribution < -0.4 is 9.62 Å². The van der Waals surface area contributed by atoms with Gasteiger partial charge in [-0.15, -0.1) is 0 Å². The average Bonchev–Trinajstić information content (AvgIpc) is 2.62. The van der Waals surface area contributed by atoms with E-state index in [0.717, 1.165) is 29.5 Å². The van der Waals surface area contributed by atoms with E-state index in [9.17, 15) is 13.2 Å². The molecule has 0 fully saturated rings. The molecule has 0 radical (unpaired) electrons. The molecule has 28 heavy (non-hydrogen) atoms. The Morgan fingerprint density at radius 1 is 1.07 bits per heavy atom. The lowest BCUT2D eigenvalue weighted by atomic mass is 10.1. The number of rotatable bonds is 8. The predicted octanol–water partition coefficient (Wildman–Crippen LogP) is 4.19. The minimum Gasteiger partial charge on any atom is -0.350 e. The van der Waals surface area contributed by atoms with Gasteiger partial charge in [-0.05, 0) is 68.1 Å². The zero-order valence-corrected chi connectivity index (χ0v) is 18.1. The van der Waals surface area contributed by atoms with E-state index in [2.05, 4.69) is 12.2 Å².